The van der Waals surface area contributed by atoms with Crippen LogP contribution in [0.5, 0.6) is 0 Å². The quantitative estimate of drug-likeness (QED) is 0.0434. The van der Waals surface area contributed by atoms with E-state index in [1.165, 1.54) is 83.5 Å². The molecule has 1 N–H and O–H groups in total. The van der Waals surface area contributed by atoms with Crippen LogP contribution in [0.1, 0.15) is 184 Å². The average Bonchev–Trinajstić information content (AvgIpc) is 3.51. The van der Waals surface area contributed by atoms with Gasteiger partial charge >= 0.3 is 0 Å². The second kappa shape index (κ2) is 40.3. The molecule has 8 atom stereocenters. The first-order valence-corrected chi connectivity index (χ1v) is 31.3. The molecule has 6 rings (SSSR count). The minimum Gasteiger partial charge on any atom is -0.381 e. The van der Waals surface area contributed by atoms with Gasteiger partial charge in [0.05, 0.1) is 57.9 Å². The Bertz CT molecular complexity index is 2070. The lowest BCUT2D eigenvalue weighted by Gasteiger charge is -2.45. The highest BCUT2D eigenvalue weighted by Crippen LogP contribution is 2.35. The average molecular weight is 1090 g/mol. The molecule has 79 heavy (non-hydrogen) atoms. The van der Waals surface area contributed by atoms with Crippen molar-refractivity contribution in [3.05, 3.63) is 144 Å². The predicted molar refractivity (Wildman–Crippen MR) is 318 cm³/mol. The molecule has 2 aliphatic rings. The molecular formula is C69H103NO9. The van der Waals surface area contributed by atoms with Gasteiger partial charge in [-0.25, -0.2) is 0 Å². The van der Waals surface area contributed by atoms with Crippen molar-refractivity contribution < 1.29 is 42.7 Å². The maximum absolute atomic E-state index is 14.4. The van der Waals surface area contributed by atoms with Crippen LogP contribution >= 0.6 is 0 Å². The van der Waals surface area contributed by atoms with Crippen LogP contribution in [-0.4, -0.2) is 82.3 Å². The highest BCUT2D eigenvalue weighted by atomic mass is 16.7. The second-order valence-electron chi connectivity index (χ2n) is 22.8. The van der Waals surface area contributed by atoms with Gasteiger partial charge in [-0.1, -0.05) is 232 Å². The Morgan fingerprint density at radius 3 is 1.68 bits per heavy atom. The molecule has 0 aliphatic carbocycles. The van der Waals surface area contributed by atoms with Crippen LogP contribution in [0.3, 0.4) is 0 Å². The van der Waals surface area contributed by atoms with Crippen LogP contribution in [0.25, 0.3) is 0 Å². The number of rotatable bonds is 43. The van der Waals surface area contributed by atoms with Crippen LogP contribution < -0.4 is 5.32 Å². The Morgan fingerprint density at radius 1 is 0.557 bits per heavy atom. The zero-order chi connectivity index (χ0) is 55.2. The van der Waals surface area contributed by atoms with Gasteiger partial charge in [0.1, 0.15) is 12.2 Å². The topological polar surface area (TPSA) is 103 Å². The van der Waals surface area contributed by atoms with Crippen molar-refractivity contribution in [1.82, 2.24) is 5.32 Å². The first kappa shape index (κ1) is 64.2. The van der Waals surface area contributed by atoms with Crippen LogP contribution in [0, 0.1) is 17.8 Å². The Balaban J connectivity index is 1.15. The van der Waals surface area contributed by atoms with Crippen LogP contribution in [0.2, 0.25) is 0 Å². The Hall–Kier alpha value is -3.97. The fraction of sp³-hybridized carbons (Fsp3) is 0.638. The Morgan fingerprint density at radius 2 is 1.08 bits per heavy atom. The van der Waals surface area contributed by atoms with Gasteiger partial charge in [0.25, 0.3) is 0 Å². The molecule has 0 radical (unpaired) electrons. The molecule has 0 aromatic heterocycles. The second-order valence-corrected chi connectivity index (χ2v) is 22.8. The fourth-order valence-corrected chi connectivity index (χ4v) is 11.2. The van der Waals surface area contributed by atoms with Crippen molar-refractivity contribution in [1.29, 1.82) is 0 Å². The summed E-state index contributed by atoms with van der Waals surface area (Å²) in [6.07, 6.45) is 22.9. The van der Waals surface area contributed by atoms with E-state index in [0.29, 0.717) is 39.5 Å². The smallest absolute Gasteiger partial charge is 0.220 e. The third-order valence-electron chi connectivity index (χ3n) is 16.3. The molecule has 10 heteroatoms. The summed E-state index contributed by atoms with van der Waals surface area (Å²) in [5.41, 5.74) is 4.37. The van der Waals surface area contributed by atoms with Gasteiger partial charge in [-0.3, -0.25) is 4.79 Å². The SMILES string of the molecule is CCCCCCCCCCCCCC[C@@H](OCc1ccccc1)[C@@H](OCc1ccccc1)[C@H](COC1OC(COCc2ccccc2)C(OCc2ccccc2)C(C)C1C)NC(=O)CCCCCCOCCCC1CCOCC1. The van der Waals surface area contributed by atoms with Gasteiger partial charge in [-0.2, -0.15) is 0 Å². The molecule has 438 valence electrons. The van der Waals surface area contributed by atoms with E-state index in [0.717, 1.165) is 106 Å². The molecule has 5 unspecified atom stereocenters. The Labute approximate surface area is 478 Å². The van der Waals surface area contributed by atoms with E-state index in [1.54, 1.807) is 0 Å². The number of unbranched alkanes of at least 4 members (excludes halogenated alkanes) is 14. The summed E-state index contributed by atoms with van der Waals surface area (Å²) in [6.45, 7) is 12.3. The van der Waals surface area contributed by atoms with E-state index >= 15 is 0 Å². The lowest BCUT2D eigenvalue weighted by molar-refractivity contribution is -0.283. The number of hydrogen-bond donors (Lipinski definition) is 1. The molecule has 1 amide bonds. The number of hydrogen-bond acceptors (Lipinski definition) is 9. The summed E-state index contributed by atoms with van der Waals surface area (Å²) in [4.78, 5) is 14.4. The minimum absolute atomic E-state index is 0.00834. The summed E-state index contributed by atoms with van der Waals surface area (Å²) in [5.74, 6) is 0.807. The maximum Gasteiger partial charge on any atom is 0.220 e. The number of ether oxygens (including phenoxy) is 8. The van der Waals surface area contributed by atoms with E-state index in [-0.39, 0.29) is 36.6 Å². The Kier molecular flexibility index (Phi) is 32.7. The predicted octanol–water partition coefficient (Wildman–Crippen LogP) is 15.7. The maximum atomic E-state index is 14.4. The van der Waals surface area contributed by atoms with E-state index in [9.17, 15) is 4.79 Å². The summed E-state index contributed by atoms with van der Waals surface area (Å²) in [6, 6.07) is 40.7. The normalized spacial score (nSPS) is 20.0. The van der Waals surface area contributed by atoms with Crippen molar-refractivity contribution in [2.75, 3.05) is 39.6 Å². The number of benzene rings is 4. The molecule has 4 aromatic rings. The van der Waals surface area contributed by atoms with Crippen molar-refractivity contribution >= 4 is 5.91 Å². The zero-order valence-corrected chi connectivity index (χ0v) is 49.0. The van der Waals surface area contributed by atoms with Crippen LogP contribution in [0.15, 0.2) is 121 Å². The molecule has 0 saturated carbocycles. The van der Waals surface area contributed by atoms with Crippen LogP contribution in [-0.2, 0) is 69.1 Å². The van der Waals surface area contributed by atoms with Crippen molar-refractivity contribution in [2.45, 2.75) is 225 Å². The molecule has 2 fully saturated rings. The molecule has 0 spiro atoms. The molecule has 0 bridgehead atoms. The van der Waals surface area contributed by atoms with E-state index in [4.69, 9.17) is 37.9 Å². The molecule has 2 aliphatic heterocycles. The number of amides is 1. The number of carbonyl (C=O) groups excluding carboxylic acids is 1. The largest absolute Gasteiger partial charge is 0.381 e. The summed E-state index contributed by atoms with van der Waals surface area (Å²) in [5, 5.41) is 3.50. The zero-order valence-electron chi connectivity index (χ0n) is 49.0. The highest BCUT2D eigenvalue weighted by molar-refractivity contribution is 5.76. The molecule has 2 saturated heterocycles. The van der Waals surface area contributed by atoms with Crippen molar-refractivity contribution in [2.24, 2.45) is 17.8 Å². The number of carbonyl (C=O) groups is 1. The van der Waals surface area contributed by atoms with E-state index < -0.39 is 24.5 Å². The molecule has 2 heterocycles. The van der Waals surface area contributed by atoms with Gasteiger partial charge in [0, 0.05) is 38.8 Å². The number of nitrogens with one attached hydrogen (secondary N) is 1. The summed E-state index contributed by atoms with van der Waals surface area (Å²) < 4.78 is 52.8. The third-order valence-corrected chi connectivity index (χ3v) is 16.3. The standard InChI is InChI=1S/C69H103NO9/c1-4-5-6-7-8-9-10-11-12-13-14-29-42-64(75-51-60-35-23-18-24-36-60)68(77-53-62-39-27-20-28-40-62)63(70-66(71)43-30-15-16-31-46-72-47-32-41-58-44-48-73-49-45-58)54-78-69-57(3)56(2)67(76-52-61-37-25-19-26-38-61)65(79-69)55-74-50-59-33-21-17-22-34-59/h17-28,33-40,56-58,63-65,67-69H,4-16,29-32,41-55H2,1-3H3,(H,70,71)/t56?,57?,63-,64+,65?,67?,68-,69?/m0/s1. The summed E-state index contributed by atoms with van der Waals surface area (Å²) in [7, 11) is 0. The van der Waals surface area contributed by atoms with Gasteiger partial charge < -0.3 is 43.2 Å². The van der Waals surface area contributed by atoms with Crippen molar-refractivity contribution in [3.63, 3.8) is 0 Å². The summed E-state index contributed by atoms with van der Waals surface area (Å²) >= 11 is 0. The minimum atomic E-state index is -0.588. The molecule has 10 nitrogen and oxygen atoms in total. The molecule has 4 aromatic carbocycles. The van der Waals surface area contributed by atoms with Crippen molar-refractivity contribution in [3.8, 4) is 0 Å². The first-order chi connectivity index (χ1) is 39.0. The van der Waals surface area contributed by atoms with Gasteiger partial charge in [-0.15, -0.1) is 0 Å². The van der Waals surface area contributed by atoms with Crippen LogP contribution in [0.4, 0.5) is 0 Å². The lowest BCUT2D eigenvalue weighted by atomic mass is 9.84. The van der Waals surface area contributed by atoms with Gasteiger partial charge in [0.15, 0.2) is 6.29 Å². The monoisotopic (exact) mass is 1090 g/mol. The molecular weight excluding hydrogens is 987 g/mol. The third kappa shape index (κ3) is 26.2. The van der Waals surface area contributed by atoms with Gasteiger partial charge in [-0.05, 0) is 79.0 Å². The van der Waals surface area contributed by atoms with E-state index in [2.05, 4.69) is 86.8 Å². The fourth-order valence-electron chi connectivity index (χ4n) is 11.2. The first-order valence-electron chi connectivity index (χ1n) is 31.3. The van der Waals surface area contributed by atoms with Gasteiger partial charge in [0.2, 0.25) is 5.91 Å². The lowest BCUT2D eigenvalue weighted by Crippen LogP contribution is -2.56. The highest BCUT2D eigenvalue weighted by Gasteiger charge is 2.44. The van der Waals surface area contributed by atoms with E-state index in [1.807, 2.05) is 60.7 Å².